The summed E-state index contributed by atoms with van der Waals surface area (Å²) in [6.07, 6.45) is 5.90. The highest BCUT2D eigenvalue weighted by atomic mass is 16.5. The van der Waals surface area contributed by atoms with Crippen LogP contribution in [0.15, 0.2) is 0 Å². The first kappa shape index (κ1) is 15.4. The molecule has 0 radical (unpaired) electrons. The predicted octanol–water partition coefficient (Wildman–Crippen LogP) is 1.83. The lowest BCUT2D eigenvalue weighted by Gasteiger charge is -2.33. The van der Waals surface area contributed by atoms with Crippen LogP contribution in [0.2, 0.25) is 0 Å². The minimum Gasteiger partial charge on any atom is -0.385 e. The fraction of sp³-hybridized carbons (Fsp3) is 0.929. The zero-order valence-electron chi connectivity index (χ0n) is 12.1. The Kier molecular flexibility index (Phi) is 5.60. The molecule has 1 rings (SSSR count). The molecule has 0 aromatic carbocycles. The zero-order chi connectivity index (χ0) is 13.6. The highest BCUT2D eigenvalue weighted by molar-refractivity contribution is 5.86. The van der Waals surface area contributed by atoms with E-state index in [-0.39, 0.29) is 11.3 Å². The molecule has 0 saturated heterocycles. The van der Waals surface area contributed by atoms with E-state index >= 15 is 0 Å². The molecule has 1 saturated carbocycles. The van der Waals surface area contributed by atoms with Crippen molar-refractivity contribution < 1.29 is 9.53 Å². The van der Waals surface area contributed by atoms with Crippen LogP contribution in [-0.4, -0.2) is 31.7 Å². The summed E-state index contributed by atoms with van der Waals surface area (Å²) in [5.41, 5.74) is 5.62. The molecule has 0 atom stereocenters. The molecule has 4 nitrogen and oxygen atoms in total. The number of hydrogen-bond acceptors (Lipinski definition) is 3. The van der Waals surface area contributed by atoms with Crippen LogP contribution < -0.4 is 11.1 Å². The molecule has 0 unspecified atom stereocenters. The lowest BCUT2D eigenvalue weighted by atomic mass is 9.81. The molecule has 0 aromatic rings. The molecular formula is C14H28N2O2. The number of ether oxygens (including phenoxy) is 1. The second kappa shape index (κ2) is 6.53. The third-order valence-electron chi connectivity index (χ3n) is 3.91. The number of methoxy groups -OCH3 is 1. The van der Waals surface area contributed by atoms with Crippen LogP contribution in [-0.2, 0) is 9.53 Å². The molecule has 0 heterocycles. The molecule has 1 amide bonds. The number of amides is 1. The molecule has 0 bridgehead atoms. The van der Waals surface area contributed by atoms with Gasteiger partial charge >= 0.3 is 0 Å². The molecule has 1 fully saturated rings. The smallest absolute Gasteiger partial charge is 0.240 e. The van der Waals surface area contributed by atoms with Crippen molar-refractivity contribution in [3.8, 4) is 0 Å². The Bertz CT molecular complexity index is 271. The Hall–Kier alpha value is -0.610. The first-order chi connectivity index (χ1) is 8.40. The lowest BCUT2D eigenvalue weighted by molar-refractivity contribution is -0.128. The van der Waals surface area contributed by atoms with Crippen molar-refractivity contribution in [2.24, 2.45) is 11.1 Å². The molecule has 1 aliphatic rings. The van der Waals surface area contributed by atoms with Gasteiger partial charge in [-0.05, 0) is 24.7 Å². The molecule has 18 heavy (non-hydrogen) atoms. The monoisotopic (exact) mass is 256 g/mol. The molecule has 0 aliphatic heterocycles. The van der Waals surface area contributed by atoms with Gasteiger partial charge in [-0.3, -0.25) is 4.79 Å². The topological polar surface area (TPSA) is 64.3 Å². The van der Waals surface area contributed by atoms with Crippen LogP contribution >= 0.6 is 0 Å². The van der Waals surface area contributed by atoms with Gasteiger partial charge in [-0.15, -0.1) is 0 Å². The number of rotatable bonds is 6. The van der Waals surface area contributed by atoms with Crippen molar-refractivity contribution in [2.45, 2.75) is 57.9 Å². The number of nitrogens with one attached hydrogen (secondary N) is 1. The summed E-state index contributed by atoms with van der Waals surface area (Å²) in [5, 5.41) is 3.02. The van der Waals surface area contributed by atoms with Crippen molar-refractivity contribution >= 4 is 5.91 Å². The summed E-state index contributed by atoms with van der Waals surface area (Å²) >= 11 is 0. The third kappa shape index (κ3) is 4.58. The van der Waals surface area contributed by atoms with Crippen LogP contribution in [0.25, 0.3) is 0 Å². The third-order valence-corrected chi connectivity index (χ3v) is 3.91. The predicted molar refractivity (Wildman–Crippen MR) is 73.3 cm³/mol. The summed E-state index contributed by atoms with van der Waals surface area (Å²) in [4.78, 5) is 12.2. The number of nitrogens with two attached hydrogens (primary N) is 1. The molecular weight excluding hydrogens is 228 g/mol. The molecule has 3 N–H and O–H groups in total. The summed E-state index contributed by atoms with van der Waals surface area (Å²) in [6.45, 7) is 5.65. The first-order valence-electron chi connectivity index (χ1n) is 6.96. The van der Waals surface area contributed by atoms with Gasteiger partial charge < -0.3 is 15.8 Å². The summed E-state index contributed by atoms with van der Waals surface area (Å²) in [7, 11) is 1.70. The second-order valence-corrected chi connectivity index (χ2v) is 6.31. The normalized spacial score (nSPS) is 19.6. The van der Waals surface area contributed by atoms with E-state index in [0.717, 1.165) is 38.7 Å². The molecule has 4 heteroatoms. The maximum absolute atomic E-state index is 12.2. The van der Waals surface area contributed by atoms with Crippen LogP contribution in [0.3, 0.4) is 0 Å². The van der Waals surface area contributed by atoms with E-state index in [0.29, 0.717) is 6.54 Å². The minimum atomic E-state index is -0.629. The van der Waals surface area contributed by atoms with E-state index in [2.05, 4.69) is 19.2 Å². The van der Waals surface area contributed by atoms with Crippen LogP contribution in [0.5, 0.6) is 0 Å². The van der Waals surface area contributed by atoms with E-state index < -0.39 is 5.54 Å². The van der Waals surface area contributed by atoms with Gasteiger partial charge in [0.1, 0.15) is 0 Å². The minimum absolute atomic E-state index is 0.0210. The average molecular weight is 256 g/mol. The van der Waals surface area contributed by atoms with Gasteiger partial charge in [0.15, 0.2) is 0 Å². The Morgan fingerprint density at radius 2 is 1.94 bits per heavy atom. The van der Waals surface area contributed by atoms with E-state index in [9.17, 15) is 4.79 Å². The molecule has 0 spiro atoms. The maximum Gasteiger partial charge on any atom is 0.240 e. The Balaban J connectivity index is 2.40. The van der Waals surface area contributed by atoms with Crippen molar-refractivity contribution in [3.63, 3.8) is 0 Å². The quantitative estimate of drug-likeness (QED) is 0.762. The Morgan fingerprint density at radius 3 is 2.50 bits per heavy atom. The average Bonchev–Trinajstić information content (AvgIpc) is 2.34. The van der Waals surface area contributed by atoms with Crippen molar-refractivity contribution in [2.75, 3.05) is 20.3 Å². The van der Waals surface area contributed by atoms with Gasteiger partial charge in [-0.1, -0.05) is 33.1 Å². The van der Waals surface area contributed by atoms with Crippen molar-refractivity contribution in [1.29, 1.82) is 0 Å². The van der Waals surface area contributed by atoms with E-state index in [1.807, 2.05) is 0 Å². The largest absolute Gasteiger partial charge is 0.385 e. The van der Waals surface area contributed by atoms with Gasteiger partial charge in [0.2, 0.25) is 5.91 Å². The lowest BCUT2D eigenvalue weighted by Crippen LogP contribution is -2.56. The van der Waals surface area contributed by atoms with Crippen LogP contribution in [0.4, 0.5) is 0 Å². The molecule has 106 valence electrons. The first-order valence-corrected chi connectivity index (χ1v) is 6.96. The highest BCUT2D eigenvalue weighted by Gasteiger charge is 2.35. The van der Waals surface area contributed by atoms with E-state index in [1.165, 1.54) is 6.42 Å². The van der Waals surface area contributed by atoms with Crippen molar-refractivity contribution in [1.82, 2.24) is 5.32 Å². The standard InChI is InChI=1S/C14H28N2O2/c1-13(2,9-10-18-3)11-16-12(17)14(15)7-5-4-6-8-14/h4-11,15H2,1-3H3,(H,16,17). The zero-order valence-corrected chi connectivity index (χ0v) is 12.1. The van der Waals surface area contributed by atoms with E-state index in [4.69, 9.17) is 10.5 Å². The Labute approximate surface area is 111 Å². The summed E-state index contributed by atoms with van der Waals surface area (Å²) < 4.78 is 5.08. The highest BCUT2D eigenvalue weighted by Crippen LogP contribution is 2.26. The van der Waals surface area contributed by atoms with Gasteiger partial charge in [0, 0.05) is 20.3 Å². The Morgan fingerprint density at radius 1 is 1.33 bits per heavy atom. The molecule has 0 aromatic heterocycles. The maximum atomic E-state index is 12.2. The van der Waals surface area contributed by atoms with Gasteiger partial charge in [0.25, 0.3) is 0 Å². The number of hydrogen-bond donors (Lipinski definition) is 2. The van der Waals surface area contributed by atoms with Gasteiger partial charge in [0.05, 0.1) is 5.54 Å². The second-order valence-electron chi connectivity index (χ2n) is 6.31. The SMILES string of the molecule is COCCC(C)(C)CNC(=O)C1(N)CCCCC1. The summed E-state index contributed by atoms with van der Waals surface area (Å²) in [6, 6.07) is 0. The number of carbonyl (C=O) groups excluding carboxylic acids is 1. The molecule has 1 aliphatic carbocycles. The van der Waals surface area contributed by atoms with Crippen LogP contribution in [0.1, 0.15) is 52.4 Å². The van der Waals surface area contributed by atoms with Gasteiger partial charge in [-0.2, -0.15) is 0 Å². The van der Waals surface area contributed by atoms with Crippen molar-refractivity contribution in [3.05, 3.63) is 0 Å². The van der Waals surface area contributed by atoms with Gasteiger partial charge in [-0.25, -0.2) is 0 Å². The fourth-order valence-corrected chi connectivity index (χ4v) is 2.37. The van der Waals surface area contributed by atoms with E-state index in [1.54, 1.807) is 7.11 Å². The fourth-order valence-electron chi connectivity index (χ4n) is 2.37. The summed E-state index contributed by atoms with van der Waals surface area (Å²) in [5.74, 6) is 0.0210. The number of carbonyl (C=O) groups is 1. The van der Waals surface area contributed by atoms with Crippen LogP contribution in [0, 0.1) is 5.41 Å².